The molecule has 1 unspecified atom stereocenters. The Hall–Kier alpha value is -3.11. The molecular formula is C19H21FN6O3. The van der Waals surface area contributed by atoms with E-state index in [4.69, 9.17) is 9.47 Å². The first-order chi connectivity index (χ1) is 14.1. The predicted molar refractivity (Wildman–Crippen MR) is 101 cm³/mol. The van der Waals surface area contributed by atoms with Crippen molar-refractivity contribution in [2.75, 3.05) is 26.9 Å². The molecular weight excluding hydrogens is 379 g/mol. The number of benzene rings is 1. The van der Waals surface area contributed by atoms with Crippen LogP contribution in [0.3, 0.4) is 0 Å². The van der Waals surface area contributed by atoms with Gasteiger partial charge in [0.15, 0.2) is 11.6 Å². The summed E-state index contributed by atoms with van der Waals surface area (Å²) in [7, 11) is 1.56. The van der Waals surface area contributed by atoms with Gasteiger partial charge in [0.25, 0.3) is 0 Å². The number of nitrogens with zero attached hydrogens (tertiary/aromatic N) is 4. The molecule has 1 fully saturated rings. The molecule has 3 heterocycles. The number of aromatic nitrogens is 5. The third-order valence-corrected chi connectivity index (χ3v) is 4.54. The average Bonchev–Trinajstić information content (AvgIpc) is 3.36. The zero-order valence-electron chi connectivity index (χ0n) is 15.9. The lowest BCUT2D eigenvalue weighted by atomic mass is 10.1. The molecule has 2 aromatic heterocycles. The number of hydrogen-bond donors (Lipinski definition) is 2. The molecule has 4 rings (SSSR count). The van der Waals surface area contributed by atoms with Crippen molar-refractivity contribution in [1.29, 1.82) is 0 Å². The highest BCUT2D eigenvalue weighted by atomic mass is 19.1. The predicted octanol–water partition coefficient (Wildman–Crippen LogP) is 1.18. The monoisotopic (exact) mass is 400 g/mol. The van der Waals surface area contributed by atoms with Gasteiger partial charge in [-0.15, -0.1) is 0 Å². The number of hydrogen-bond acceptors (Lipinski definition) is 6. The molecule has 0 aliphatic carbocycles. The smallest absolute Gasteiger partial charge is 0.227 e. The van der Waals surface area contributed by atoms with E-state index >= 15 is 0 Å². The van der Waals surface area contributed by atoms with Gasteiger partial charge in [0.05, 0.1) is 38.5 Å². The molecule has 1 atom stereocenters. The molecule has 152 valence electrons. The third kappa shape index (κ3) is 4.33. The first-order valence-corrected chi connectivity index (χ1v) is 9.28. The Bertz CT molecular complexity index is 996. The number of amides is 1. The van der Waals surface area contributed by atoms with Crippen molar-refractivity contribution in [3.8, 4) is 22.8 Å². The Morgan fingerprint density at radius 2 is 2.24 bits per heavy atom. The minimum absolute atomic E-state index is 0.0484. The van der Waals surface area contributed by atoms with Crippen LogP contribution in [0, 0.1) is 5.82 Å². The molecule has 3 aromatic rings. The van der Waals surface area contributed by atoms with E-state index in [1.165, 1.54) is 6.07 Å². The average molecular weight is 400 g/mol. The number of halogens is 1. The molecule has 2 N–H and O–H groups in total. The Balaban J connectivity index is 1.66. The molecule has 9 nitrogen and oxygen atoms in total. The van der Waals surface area contributed by atoms with Crippen molar-refractivity contribution >= 4 is 5.91 Å². The molecule has 1 saturated heterocycles. The molecule has 29 heavy (non-hydrogen) atoms. The van der Waals surface area contributed by atoms with Crippen LogP contribution in [0.1, 0.15) is 5.82 Å². The maximum absolute atomic E-state index is 14.1. The number of rotatable bonds is 6. The summed E-state index contributed by atoms with van der Waals surface area (Å²) in [5.41, 5.74) is 1.41. The van der Waals surface area contributed by atoms with Crippen LogP contribution >= 0.6 is 0 Å². The summed E-state index contributed by atoms with van der Waals surface area (Å²) in [5.74, 6) is 0.314. The third-order valence-electron chi connectivity index (χ3n) is 4.54. The van der Waals surface area contributed by atoms with Gasteiger partial charge in [-0.25, -0.2) is 14.1 Å². The van der Waals surface area contributed by atoms with Crippen molar-refractivity contribution in [2.24, 2.45) is 0 Å². The van der Waals surface area contributed by atoms with E-state index in [9.17, 15) is 9.18 Å². The van der Waals surface area contributed by atoms with E-state index in [0.717, 1.165) is 0 Å². The lowest BCUT2D eigenvalue weighted by Gasteiger charge is -2.23. The van der Waals surface area contributed by atoms with Gasteiger partial charge in [-0.1, -0.05) is 12.1 Å². The highest BCUT2D eigenvalue weighted by Crippen LogP contribution is 2.25. The van der Waals surface area contributed by atoms with Crippen LogP contribution in [0.2, 0.25) is 0 Å². The van der Waals surface area contributed by atoms with Gasteiger partial charge in [-0.2, -0.15) is 10.2 Å². The number of aromatic amines is 1. The van der Waals surface area contributed by atoms with Crippen LogP contribution in [0.15, 0.2) is 30.3 Å². The van der Waals surface area contributed by atoms with Crippen LogP contribution in [0.4, 0.5) is 4.39 Å². The van der Waals surface area contributed by atoms with Crippen LogP contribution in [0.25, 0.3) is 22.8 Å². The lowest BCUT2D eigenvalue weighted by molar-refractivity contribution is -0.120. The zero-order valence-corrected chi connectivity index (χ0v) is 15.9. The van der Waals surface area contributed by atoms with Crippen LogP contribution in [0.5, 0.6) is 0 Å². The number of carbonyl (C=O) groups excluding carboxylic acids is 1. The van der Waals surface area contributed by atoms with Gasteiger partial charge in [0.1, 0.15) is 17.6 Å². The number of nitrogens with one attached hydrogen (secondary N) is 2. The summed E-state index contributed by atoms with van der Waals surface area (Å²) in [4.78, 5) is 16.2. The van der Waals surface area contributed by atoms with Crippen molar-refractivity contribution < 1.29 is 18.7 Å². The minimum Gasteiger partial charge on any atom is -0.376 e. The molecule has 1 aliphatic rings. The summed E-state index contributed by atoms with van der Waals surface area (Å²) in [6.45, 7) is 1.94. The van der Waals surface area contributed by atoms with E-state index in [1.54, 1.807) is 36.0 Å². The minimum atomic E-state index is -0.361. The fourth-order valence-electron chi connectivity index (χ4n) is 3.10. The van der Waals surface area contributed by atoms with Crippen molar-refractivity contribution in [3.05, 3.63) is 42.0 Å². The Labute approximate surface area is 166 Å². The zero-order chi connectivity index (χ0) is 20.2. The highest BCUT2D eigenvalue weighted by molar-refractivity contribution is 5.77. The SMILES string of the molecule is CNC(=O)Cc1nc(-c2cc(-c3ccccc3F)n[nH]2)n(CC2COCCO2)n1. The maximum atomic E-state index is 14.1. The summed E-state index contributed by atoms with van der Waals surface area (Å²) >= 11 is 0. The number of carbonyl (C=O) groups is 1. The molecule has 0 saturated carbocycles. The normalized spacial score (nSPS) is 16.7. The lowest BCUT2D eigenvalue weighted by Crippen LogP contribution is -2.32. The maximum Gasteiger partial charge on any atom is 0.227 e. The van der Waals surface area contributed by atoms with E-state index in [-0.39, 0.29) is 24.2 Å². The largest absolute Gasteiger partial charge is 0.376 e. The fraction of sp³-hybridized carbons (Fsp3) is 0.368. The van der Waals surface area contributed by atoms with Gasteiger partial charge < -0.3 is 14.8 Å². The van der Waals surface area contributed by atoms with Gasteiger partial charge in [0, 0.05) is 12.6 Å². The standard InChI is InChI=1S/C19H21FN6O3/c1-21-18(27)9-17-22-19(26(25-17)10-12-11-28-6-7-29-12)16-8-15(23-24-16)13-4-2-3-5-14(13)20/h2-5,8,12H,6-7,9-11H2,1H3,(H,21,27)(H,23,24). The van der Waals surface area contributed by atoms with E-state index < -0.39 is 0 Å². The molecule has 0 radical (unpaired) electrons. The van der Waals surface area contributed by atoms with Crippen molar-refractivity contribution in [1.82, 2.24) is 30.3 Å². The second-order valence-electron chi connectivity index (χ2n) is 6.60. The van der Waals surface area contributed by atoms with E-state index in [2.05, 4.69) is 25.6 Å². The molecule has 0 spiro atoms. The molecule has 1 aromatic carbocycles. The quantitative estimate of drug-likeness (QED) is 0.644. The molecule has 10 heteroatoms. The highest BCUT2D eigenvalue weighted by Gasteiger charge is 2.22. The molecule has 1 aliphatic heterocycles. The fourth-order valence-corrected chi connectivity index (χ4v) is 3.10. The van der Waals surface area contributed by atoms with Gasteiger partial charge >= 0.3 is 0 Å². The Morgan fingerprint density at radius 1 is 1.38 bits per heavy atom. The number of H-pyrrole nitrogens is 1. The van der Waals surface area contributed by atoms with Gasteiger partial charge in [-0.3, -0.25) is 9.89 Å². The number of ether oxygens (including phenoxy) is 2. The molecule has 1 amide bonds. The van der Waals surface area contributed by atoms with Crippen molar-refractivity contribution in [2.45, 2.75) is 19.1 Å². The van der Waals surface area contributed by atoms with Crippen LogP contribution in [-0.4, -0.2) is 63.8 Å². The topological polar surface area (TPSA) is 107 Å². The van der Waals surface area contributed by atoms with Crippen LogP contribution in [-0.2, 0) is 27.2 Å². The first-order valence-electron chi connectivity index (χ1n) is 9.28. The summed E-state index contributed by atoms with van der Waals surface area (Å²) in [6.07, 6.45) is -0.127. The summed E-state index contributed by atoms with van der Waals surface area (Å²) in [6, 6.07) is 8.12. The second kappa shape index (κ2) is 8.50. The molecule has 0 bridgehead atoms. The Kier molecular flexibility index (Phi) is 5.63. The van der Waals surface area contributed by atoms with Gasteiger partial charge in [-0.05, 0) is 18.2 Å². The Morgan fingerprint density at radius 3 is 3.00 bits per heavy atom. The van der Waals surface area contributed by atoms with E-state index in [1.807, 2.05) is 0 Å². The number of likely N-dealkylation sites (N-methyl/N-ethyl adjacent to an activating group) is 1. The summed E-state index contributed by atoms with van der Waals surface area (Å²) < 4.78 is 26.9. The second-order valence-corrected chi connectivity index (χ2v) is 6.60. The van der Waals surface area contributed by atoms with Gasteiger partial charge in [0.2, 0.25) is 5.91 Å². The summed E-state index contributed by atoms with van der Waals surface area (Å²) in [5, 5.41) is 14.1. The first kappa shape index (κ1) is 19.2. The van der Waals surface area contributed by atoms with Crippen LogP contribution < -0.4 is 5.32 Å². The van der Waals surface area contributed by atoms with Crippen molar-refractivity contribution in [3.63, 3.8) is 0 Å². The van der Waals surface area contributed by atoms with E-state index in [0.29, 0.717) is 55.0 Å².